The van der Waals surface area contributed by atoms with Crippen LogP contribution in [-0.4, -0.2) is 29.0 Å². The van der Waals surface area contributed by atoms with Crippen LogP contribution in [0.25, 0.3) is 0 Å². The summed E-state index contributed by atoms with van der Waals surface area (Å²) < 4.78 is 17.7. The minimum Gasteiger partial charge on any atom is -0.465 e. The predicted octanol–water partition coefficient (Wildman–Crippen LogP) is 3.58. The Bertz CT molecular complexity index is 1040. The maximum Gasteiger partial charge on any atom is 0.339 e. The van der Waals surface area contributed by atoms with E-state index in [0.29, 0.717) is 17.9 Å². The van der Waals surface area contributed by atoms with Gasteiger partial charge in [-0.15, -0.1) is 0 Å². The normalized spacial score (nSPS) is 10.3. The third kappa shape index (κ3) is 5.13. The van der Waals surface area contributed by atoms with Gasteiger partial charge in [0.05, 0.1) is 18.4 Å². The number of nitrogens with zero attached hydrogens (tertiary/aromatic N) is 2. The van der Waals surface area contributed by atoms with Crippen LogP contribution in [0.3, 0.4) is 0 Å². The quantitative estimate of drug-likeness (QED) is 0.621. The van der Waals surface area contributed by atoms with Crippen LogP contribution in [0.15, 0.2) is 54.6 Å². The van der Waals surface area contributed by atoms with Gasteiger partial charge >= 0.3 is 5.97 Å². The monoisotopic (exact) mass is 394 g/mol. The molecule has 0 fully saturated rings. The smallest absolute Gasteiger partial charge is 0.339 e. The zero-order valence-corrected chi connectivity index (χ0v) is 15.9. The van der Waals surface area contributed by atoms with Crippen LogP contribution in [0.5, 0.6) is 0 Å². The van der Waals surface area contributed by atoms with Crippen molar-refractivity contribution >= 4 is 23.5 Å². The topological polar surface area (TPSA) is 93.2 Å². The number of benzene rings is 2. The molecule has 2 N–H and O–H groups in total. The van der Waals surface area contributed by atoms with E-state index in [-0.39, 0.29) is 23.0 Å². The summed E-state index contributed by atoms with van der Waals surface area (Å²) in [5, 5.41) is 5.70. The Kier molecular flexibility index (Phi) is 6.13. The molecule has 0 spiro atoms. The largest absolute Gasteiger partial charge is 0.465 e. The minimum absolute atomic E-state index is 0.138. The predicted molar refractivity (Wildman–Crippen MR) is 106 cm³/mol. The Balaban J connectivity index is 1.76. The van der Waals surface area contributed by atoms with E-state index in [4.69, 9.17) is 4.74 Å². The van der Waals surface area contributed by atoms with Gasteiger partial charge in [0.15, 0.2) is 0 Å². The zero-order chi connectivity index (χ0) is 20.8. The summed E-state index contributed by atoms with van der Waals surface area (Å²) >= 11 is 0. The van der Waals surface area contributed by atoms with Crippen LogP contribution in [-0.2, 0) is 11.3 Å². The first kappa shape index (κ1) is 19.9. The molecule has 1 heterocycles. The summed E-state index contributed by atoms with van der Waals surface area (Å²) in [4.78, 5) is 33.0. The standard InChI is InChI=1S/C21H19FN4O3/c1-13-11-18(19(27)25-17-6-4-3-5-16(17)20(28)29-2)26-21(24-13)23-12-14-7-9-15(22)10-8-14/h3-11H,12H2,1-2H3,(H,25,27)(H,23,24,26). The number of aromatic nitrogens is 2. The van der Waals surface area contributed by atoms with Crippen molar-refractivity contribution in [3.8, 4) is 0 Å². The fourth-order valence-electron chi connectivity index (χ4n) is 2.61. The number of hydrogen-bond donors (Lipinski definition) is 2. The highest BCUT2D eigenvalue weighted by molar-refractivity contribution is 6.07. The second-order valence-electron chi connectivity index (χ2n) is 6.19. The highest BCUT2D eigenvalue weighted by atomic mass is 19.1. The van der Waals surface area contributed by atoms with E-state index in [1.165, 1.54) is 19.2 Å². The van der Waals surface area contributed by atoms with Crippen molar-refractivity contribution < 1.29 is 18.7 Å². The summed E-state index contributed by atoms with van der Waals surface area (Å²) in [6.45, 7) is 2.11. The Labute approximate surface area is 167 Å². The van der Waals surface area contributed by atoms with Crippen molar-refractivity contribution in [2.45, 2.75) is 13.5 Å². The van der Waals surface area contributed by atoms with Crippen molar-refractivity contribution in [1.29, 1.82) is 0 Å². The van der Waals surface area contributed by atoms with Gasteiger partial charge in [0.25, 0.3) is 5.91 Å². The van der Waals surface area contributed by atoms with Crippen LogP contribution in [0.2, 0.25) is 0 Å². The van der Waals surface area contributed by atoms with Crippen LogP contribution in [0.4, 0.5) is 16.0 Å². The number of aryl methyl sites for hydroxylation is 1. The Morgan fingerprint density at radius 2 is 1.79 bits per heavy atom. The second kappa shape index (κ2) is 8.92. The van der Waals surface area contributed by atoms with Crippen molar-refractivity contribution in [3.63, 3.8) is 0 Å². The number of halogens is 1. The van der Waals surface area contributed by atoms with Gasteiger partial charge in [-0.3, -0.25) is 4.79 Å². The molecule has 0 bridgehead atoms. The molecule has 0 radical (unpaired) electrons. The molecule has 3 aromatic rings. The van der Waals surface area contributed by atoms with E-state index in [1.54, 1.807) is 49.4 Å². The zero-order valence-electron chi connectivity index (χ0n) is 15.9. The molecule has 8 heteroatoms. The van der Waals surface area contributed by atoms with Gasteiger partial charge < -0.3 is 15.4 Å². The average Bonchev–Trinajstić information content (AvgIpc) is 2.73. The van der Waals surface area contributed by atoms with E-state index in [9.17, 15) is 14.0 Å². The summed E-state index contributed by atoms with van der Waals surface area (Å²) in [5.74, 6) is -1.09. The molecule has 0 saturated carbocycles. The minimum atomic E-state index is -0.554. The number of hydrogen-bond acceptors (Lipinski definition) is 6. The Morgan fingerprint density at radius 1 is 1.07 bits per heavy atom. The number of para-hydroxylation sites is 1. The summed E-state index contributed by atoms with van der Waals surface area (Å²) in [5.41, 5.74) is 2.13. The first-order chi connectivity index (χ1) is 14.0. The van der Waals surface area contributed by atoms with Gasteiger partial charge in [0.1, 0.15) is 11.5 Å². The Hall–Kier alpha value is -3.81. The van der Waals surface area contributed by atoms with E-state index in [0.717, 1.165) is 5.56 Å². The molecule has 29 heavy (non-hydrogen) atoms. The van der Waals surface area contributed by atoms with E-state index in [1.807, 2.05) is 0 Å². The number of methoxy groups -OCH3 is 1. The van der Waals surface area contributed by atoms with Gasteiger partial charge in [0.2, 0.25) is 5.95 Å². The molecule has 3 rings (SSSR count). The van der Waals surface area contributed by atoms with E-state index < -0.39 is 11.9 Å². The van der Waals surface area contributed by atoms with Crippen LogP contribution in [0.1, 0.15) is 32.1 Å². The second-order valence-corrected chi connectivity index (χ2v) is 6.19. The molecule has 0 aliphatic rings. The van der Waals surface area contributed by atoms with Gasteiger partial charge in [0, 0.05) is 12.2 Å². The molecule has 2 aromatic carbocycles. The molecular formula is C21H19FN4O3. The van der Waals surface area contributed by atoms with Gasteiger partial charge in [-0.2, -0.15) is 0 Å². The lowest BCUT2D eigenvalue weighted by Gasteiger charge is -2.11. The summed E-state index contributed by atoms with van der Waals surface area (Å²) in [6, 6.07) is 14.1. The van der Waals surface area contributed by atoms with Crippen LogP contribution >= 0.6 is 0 Å². The number of esters is 1. The number of carbonyl (C=O) groups excluding carboxylic acids is 2. The first-order valence-electron chi connectivity index (χ1n) is 8.79. The number of rotatable bonds is 6. The molecule has 0 unspecified atom stereocenters. The van der Waals surface area contributed by atoms with Crippen LogP contribution < -0.4 is 10.6 Å². The molecule has 0 saturated heterocycles. The SMILES string of the molecule is COC(=O)c1ccccc1NC(=O)c1cc(C)nc(NCc2ccc(F)cc2)n1. The van der Waals surface area contributed by atoms with Crippen molar-refractivity contribution in [2.75, 3.05) is 17.7 Å². The highest BCUT2D eigenvalue weighted by Crippen LogP contribution is 2.17. The maximum atomic E-state index is 13.0. The van der Waals surface area contributed by atoms with Gasteiger partial charge in [-0.1, -0.05) is 24.3 Å². The lowest BCUT2D eigenvalue weighted by atomic mass is 10.1. The maximum absolute atomic E-state index is 13.0. The number of amides is 1. The molecule has 0 aliphatic heterocycles. The van der Waals surface area contributed by atoms with Gasteiger partial charge in [-0.05, 0) is 42.8 Å². The van der Waals surface area contributed by atoms with Crippen molar-refractivity contribution in [3.05, 3.63) is 82.9 Å². The van der Waals surface area contributed by atoms with Crippen molar-refractivity contribution in [2.24, 2.45) is 0 Å². The number of ether oxygens (including phenoxy) is 1. The molecule has 7 nitrogen and oxygen atoms in total. The Morgan fingerprint density at radius 3 is 2.52 bits per heavy atom. The number of nitrogens with one attached hydrogen (secondary N) is 2. The molecule has 0 atom stereocenters. The molecule has 1 amide bonds. The number of anilines is 2. The third-order valence-corrected chi connectivity index (χ3v) is 4.03. The molecule has 0 aliphatic carbocycles. The van der Waals surface area contributed by atoms with E-state index >= 15 is 0 Å². The molecule has 1 aromatic heterocycles. The average molecular weight is 394 g/mol. The number of carbonyl (C=O) groups is 2. The fourth-order valence-corrected chi connectivity index (χ4v) is 2.61. The first-order valence-corrected chi connectivity index (χ1v) is 8.79. The molecular weight excluding hydrogens is 375 g/mol. The lowest BCUT2D eigenvalue weighted by molar-refractivity contribution is 0.0602. The third-order valence-electron chi connectivity index (χ3n) is 4.03. The summed E-state index contributed by atoms with van der Waals surface area (Å²) in [6.07, 6.45) is 0. The van der Waals surface area contributed by atoms with Gasteiger partial charge in [-0.25, -0.2) is 19.2 Å². The molecule has 148 valence electrons. The lowest BCUT2D eigenvalue weighted by Crippen LogP contribution is -2.18. The van der Waals surface area contributed by atoms with Crippen LogP contribution in [0, 0.1) is 12.7 Å². The summed E-state index contributed by atoms with van der Waals surface area (Å²) in [7, 11) is 1.27. The van der Waals surface area contributed by atoms with Crippen molar-refractivity contribution in [1.82, 2.24) is 9.97 Å². The fraction of sp³-hybridized carbons (Fsp3) is 0.143. The highest BCUT2D eigenvalue weighted by Gasteiger charge is 2.16. The van der Waals surface area contributed by atoms with E-state index in [2.05, 4.69) is 20.6 Å².